The van der Waals surface area contributed by atoms with Crippen LogP contribution in [0.25, 0.3) is 0 Å². The summed E-state index contributed by atoms with van der Waals surface area (Å²) in [6, 6.07) is 12.0. The summed E-state index contributed by atoms with van der Waals surface area (Å²) < 4.78 is 13.3. The molecule has 1 N–H and O–H groups in total. The molecule has 8 unspecified atom stereocenters. The van der Waals surface area contributed by atoms with Crippen molar-refractivity contribution >= 4 is 0 Å². The summed E-state index contributed by atoms with van der Waals surface area (Å²) in [6.07, 6.45) is 8.41. The molecule has 3 fully saturated rings. The number of hydrogen-bond donors (Lipinski definition) is 1. The Morgan fingerprint density at radius 2 is 1.80 bits per heavy atom. The van der Waals surface area contributed by atoms with E-state index in [1.165, 1.54) is 37.7 Å². The molecule has 0 radical (unpaired) electrons. The van der Waals surface area contributed by atoms with Crippen molar-refractivity contribution in [2.75, 3.05) is 0 Å². The average Bonchev–Trinajstić information content (AvgIpc) is 3.04. The Balaban J connectivity index is 1.46. The van der Waals surface area contributed by atoms with Crippen molar-refractivity contribution in [3.63, 3.8) is 0 Å². The minimum absolute atomic E-state index is 0.00646. The van der Waals surface area contributed by atoms with Gasteiger partial charge in [-0.3, -0.25) is 0 Å². The molecule has 2 heterocycles. The summed E-state index contributed by atoms with van der Waals surface area (Å²) in [5.74, 6) is 2.27. The molecule has 0 aromatic heterocycles. The molecule has 1 aromatic rings. The highest BCUT2D eigenvalue weighted by atomic mass is 16.5. The standard InChI is InChI=1S/C27H43NO2/c1-18-10-9-13-22(28-18)14-15-23-19(2)25(29-17-21-11-7-6-8-12-21)20(3)24-16-27(4,5)30-26(23)24/h6-8,11-12,18-20,22-26,28H,9-10,13-17H2,1-5H3. The van der Waals surface area contributed by atoms with Crippen LogP contribution < -0.4 is 5.32 Å². The highest BCUT2D eigenvalue weighted by Crippen LogP contribution is 2.52. The molecule has 30 heavy (non-hydrogen) atoms. The summed E-state index contributed by atoms with van der Waals surface area (Å²) in [5, 5.41) is 3.84. The van der Waals surface area contributed by atoms with Gasteiger partial charge in [-0.25, -0.2) is 0 Å². The molecule has 1 aromatic carbocycles. The lowest BCUT2D eigenvalue weighted by Crippen LogP contribution is -2.50. The fourth-order valence-electron chi connectivity index (χ4n) is 6.70. The van der Waals surface area contributed by atoms with Crippen molar-refractivity contribution in [1.29, 1.82) is 0 Å². The number of hydrogen-bond acceptors (Lipinski definition) is 3. The van der Waals surface area contributed by atoms with Crippen LogP contribution in [0, 0.1) is 23.7 Å². The van der Waals surface area contributed by atoms with Gasteiger partial charge in [-0.15, -0.1) is 0 Å². The fraction of sp³-hybridized carbons (Fsp3) is 0.778. The lowest BCUT2D eigenvalue weighted by molar-refractivity contribution is -0.143. The van der Waals surface area contributed by atoms with Crippen LogP contribution >= 0.6 is 0 Å². The van der Waals surface area contributed by atoms with E-state index >= 15 is 0 Å². The Labute approximate surface area is 184 Å². The molecule has 3 heteroatoms. The van der Waals surface area contributed by atoms with Crippen molar-refractivity contribution in [3.05, 3.63) is 35.9 Å². The monoisotopic (exact) mass is 413 g/mol. The van der Waals surface area contributed by atoms with Crippen LogP contribution in [-0.2, 0) is 16.1 Å². The van der Waals surface area contributed by atoms with Crippen molar-refractivity contribution < 1.29 is 9.47 Å². The molecule has 168 valence electrons. The first-order valence-corrected chi connectivity index (χ1v) is 12.4. The zero-order valence-corrected chi connectivity index (χ0v) is 19.8. The first-order chi connectivity index (χ1) is 14.3. The van der Waals surface area contributed by atoms with Crippen LogP contribution in [0.4, 0.5) is 0 Å². The maximum atomic E-state index is 6.70. The third-order valence-corrected chi connectivity index (χ3v) is 8.26. The van der Waals surface area contributed by atoms with E-state index in [4.69, 9.17) is 9.47 Å². The minimum atomic E-state index is -0.00646. The predicted molar refractivity (Wildman–Crippen MR) is 123 cm³/mol. The van der Waals surface area contributed by atoms with E-state index in [2.05, 4.69) is 70.3 Å². The number of piperidine rings is 1. The van der Waals surface area contributed by atoms with E-state index in [-0.39, 0.29) is 5.60 Å². The van der Waals surface area contributed by atoms with Gasteiger partial charge in [0.05, 0.1) is 24.4 Å². The van der Waals surface area contributed by atoms with E-state index in [9.17, 15) is 0 Å². The van der Waals surface area contributed by atoms with Crippen molar-refractivity contribution in [3.8, 4) is 0 Å². The van der Waals surface area contributed by atoms with E-state index in [1.807, 2.05) is 0 Å². The minimum Gasteiger partial charge on any atom is -0.373 e. The van der Waals surface area contributed by atoms with Crippen LogP contribution in [-0.4, -0.2) is 29.9 Å². The predicted octanol–water partition coefficient (Wildman–Crippen LogP) is 5.97. The maximum Gasteiger partial charge on any atom is 0.0720 e. The second kappa shape index (κ2) is 9.30. The molecule has 1 aliphatic carbocycles. The van der Waals surface area contributed by atoms with Crippen LogP contribution in [0.1, 0.15) is 78.7 Å². The molecule has 1 saturated carbocycles. The van der Waals surface area contributed by atoms with Gasteiger partial charge in [0.1, 0.15) is 0 Å². The number of fused-ring (bicyclic) bond motifs is 1. The van der Waals surface area contributed by atoms with Crippen LogP contribution in [0.15, 0.2) is 30.3 Å². The molecule has 0 amide bonds. The highest BCUT2D eigenvalue weighted by molar-refractivity contribution is 5.13. The van der Waals surface area contributed by atoms with Gasteiger partial charge in [0.2, 0.25) is 0 Å². The first-order valence-electron chi connectivity index (χ1n) is 12.4. The van der Waals surface area contributed by atoms with Gasteiger partial charge in [0.25, 0.3) is 0 Å². The Hall–Kier alpha value is -0.900. The highest BCUT2D eigenvalue weighted by Gasteiger charge is 2.54. The van der Waals surface area contributed by atoms with Crippen molar-refractivity contribution in [1.82, 2.24) is 5.32 Å². The number of rotatable bonds is 6. The van der Waals surface area contributed by atoms with Gasteiger partial charge >= 0.3 is 0 Å². The SMILES string of the molecule is CC1CCCC(CCC2C(C)C(OCc3ccccc3)C(C)C3CC(C)(C)OC23)N1. The molecule has 3 aliphatic rings. The van der Waals surface area contributed by atoms with Gasteiger partial charge in [0, 0.05) is 12.1 Å². The maximum absolute atomic E-state index is 6.70. The van der Waals surface area contributed by atoms with Crippen LogP contribution in [0.5, 0.6) is 0 Å². The molecule has 2 aliphatic heterocycles. The van der Waals surface area contributed by atoms with Crippen molar-refractivity contribution in [2.24, 2.45) is 23.7 Å². The van der Waals surface area contributed by atoms with Gasteiger partial charge in [0.15, 0.2) is 0 Å². The molecule has 8 atom stereocenters. The quantitative estimate of drug-likeness (QED) is 0.623. The second-order valence-corrected chi connectivity index (χ2v) is 11.1. The summed E-state index contributed by atoms with van der Waals surface area (Å²) >= 11 is 0. The number of benzene rings is 1. The first kappa shape index (κ1) is 22.3. The molecular weight excluding hydrogens is 370 g/mol. The Kier molecular flexibility index (Phi) is 6.91. The second-order valence-electron chi connectivity index (χ2n) is 11.1. The summed E-state index contributed by atoms with van der Waals surface area (Å²) in [7, 11) is 0. The summed E-state index contributed by atoms with van der Waals surface area (Å²) in [5.41, 5.74) is 1.27. The zero-order chi connectivity index (χ0) is 21.3. The van der Waals surface area contributed by atoms with E-state index in [1.54, 1.807) is 0 Å². The average molecular weight is 414 g/mol. The molecule has 0 spiro atoms. The smallest absolute Gasteiger partial charge is 0.0720 e. The fourth-order valence-corrected chi connectivity index (χ4v) is 6.70. The Bertz CT molecular complexity index is 675. The van der Waals surface area contributed by atoms with E-state index < -0.39 is 0 Å². The third kappa shape index (κ3) is 4.95. The molecule has 3 nitrogen and oxygen atoms in total. The van der Waals surface area contributed by atoms with Crippen molar-refractivity contribution in [2.45, 2.75) is 110 Å². The van der Waals surface area contributed by atoms with Gasteiger partial charge in [-0.2, -0.15) is 0 Å². The normalized spacial score (nSPS) is 40.8. The molecular formula is C27H43NO2. The Morgan fingerprint density at radius 1 is 1.03 bits per heavy atom. The van der Waals surface area contributed by atoms with Gasteiger partial charge in [-0.05, 0) is 82.1 Å². The molecule has 2 saturated heterocycles. The number of nitrogens with one attached hydrogen (secondary N) is 1. The zero-order valence-electron chi connectivity index (χ0n) is 19.8. The van der Waals surface area contributed by atoms with Crippen LogP contribution in [0.3, 0.4) is 0 Å². The Morgan fingerprint density at radius 3 is 2.53 bits per heavy atom. The topological polar surface area (TPSA) is 30.5 Å². The van der Waals surface area contributed by atoms with E-state index in [0.29, 0.717) is 48.0 Å². The summed E-state index contributed by atoms with van der Waals surface area (Å²) in [4.78, 5) is 0. The van der Waals surface area contributed by atoms with Gasteiger partial charge in [-0.1, -0.05) is 50.6 Å². The molecule has 4 rings (SSSR count). The van der Waals surface area contributed by atoms with Gasteiger partial charge < -0.3 is 14.8 Å². The molecule has 0 bridgehead atoms. The third-order valence-electron chi connectivity index (χ3n) is 8.26. The summed E-state index contributed by atoms with van der Waals surface area (Å²) in [6.45, 7) is 12.5. The lowest BCUT2D eigenvalue weighted by Gasteiger charge is -2.47. The largest absolute Gasteiger partial charge is 0.373 e. The number of ether oxygens (including phenoxy) is 2. The lowest BCUT2D eigenvalue weighted by atomic mass is 9.63. The van der Waals surface area contributed by atoms with Crippen LogP contribution in [0.2, 0.25) is 0 Å². The van der Waals surface area contributed by atoms with E-state index in [0.717, 1.165) is 13.0 Å².